The van der Waals surface area contributed by atoms with E-state index in [0.29, 0.717) is 13.0 Å². The summed E-state index contributed by atoms with van der Waals surface area (Å²) in [5.41, 5.74) is 0.991. The second-order valence-electron chi connectivity index (χ2n) is 3.82. The van der Waals surface area contributed by atoms with E-state index in [1.165, 1.54) is 0 Å². The van der Waals surface area contributed by atoms with Gasteiger partial charge in [0.05, 0.1) is 12.9 Å². The molecule has 0 spiro atoms. The van der Waals surface area contributed by atoms with Gasteiger partial charge in [-0.1, -0.05) is 43.7 Å². The van der Waals surface area contributed by atoms with E-state index in [1.807, 2.05) is 37.3 Å². The van der Waals surface area contributed by atoms with E-state index in [-0.39, 0.29) is 0 Å². The average molecular weight is 258 g/mol. The molecule has 0 aliphatic carbocycles. The minimum Gasteiger partial charge on any atom is -0.347 e. The molecule has 0 heterocycles. The molecule has 1 aromatic carbocycles. The Balaban J connectivity index is 2.50. The van der Waals surface area contributed by atoms with E-state index >= 15 is 0 Å². The molecule has 0 fully saturated rings. The van der Waals surface area contributed by atoms with Gasteiger partial charge in [0.2, 0.25) is 0 Å². The van der Waals surface area contributed by atoms with Crippen molar-refractivity contribution in [2.45, 2.75) is 32.7 Å². The summed E-state index contributed by atoms with van der Waals surface area (Å²) in [6.45, 7) is 2.30. The van der Waals surface area contributed by atoms with Crippen LogP contribution < -0.4 is 0 Å². The van der Waals surface area contributed by atoms with Gasteiger partial charge in [0, 0.05) is 0 Å². The lowest BCUT2D eigenvalue weighted by Gasteiger charge is -2.16. The van der Waals surface area contributed by atoms with Gasteiger partial charge in [0.1, 0.15) is 0 Å². The van der Waals surface area contributed by atoms with Crippen molar-refractivity contribution in [3.63, 3.8) is 0 Å². The van der Waals surface area contributed by atoms with Crippen LogP contribution in [0.15, 0.2) is 30.3 Å². The predicted octanol–water partition coefficient (Wildman–Crippen LogP) is 2.31. The first-order chi connectivity index (χ1) is 8.01. The van der Waals surface area contributed by atoms with Gasteiger partial charge in [0.15, 0.2) is 6.29 Å². The quantitative estimate of drug-likeness (QED) is 0.556. The predicted molar refractivity (Wildman–Crippen MR) is 65.9 cm³/mol. The van der Waals surface area contributed by atoms with Crippen LogP contribution in [0.25, 0.3) is 0 Å². The standard InChI is InChI=1S/C12H18O4S/c1-3-7-12(16-17(2,13)14)15-10-11-8-5-4-6-9-11/h4-6,8-9,12H,3,7,10H2,1-2H3. The third-order valence-electron chi connectivity index (χ3n) is 2.09. The van der Waals surface area contributed by atoms with Crippen LogP contribution >= 0.6 is 0 Å². The third kappa shape index (κ3) is 6.41. The molecule has 1 aromatic rings. The summed E-state index contributed by atoms with van der Waals surface area (Å²) in [7, 11) is -3.47. The Kier molecular flexibility index (Phi) is 5.61. The van der Waals surface area contributed by atoms with Crippen molar-refractivity contribution in [1.29, 1.82) is 0 Å². The summed E-state index contributed by atoms with van der Waals surface area (Å²) in [4.78, 5) is 0. The van der Waals surface area contributed by atoms with Crippen molar-refractivity contribution in [3.05, 3.63) is 35.9 Å². The fourth-order valence-electron chi connectivity index (χ4n) is 1.35. The molecular weight excluding hydrogens is 240 g/mol. The van der Waals surface area contributed by atoms with E-state index in [0.717, 1.165) is 18.2 Å². The minimum atomic E-state index is -3.47. The van der Waals surface area contributed by atoms with Gasteiger partial charge < -0.3 is 4.74 Å². The molecule has 96 valence electrons. The molecule has 1 unspecified atom stereocenters. The van der Waals surface area contributed by atoms with Crippen LogP contribution in [-0.2, 0) is 25.6 Å². The summed E-state index contributed by atoms with van der Waals surface area (Å²) in [5, 5.41) is 0. The average Bonchev–Trinajstić information content (AvgIpc) is 2.26. The van der Waals surface area contributed by atoms with E-state index in [4.69, 9.17) is 8.92 Å². The normalized spacial score (nSPS) is 13.5. The summed E-state index contributed by atoms with van der Waals surface area (Å²) >= 11 is 0. The van der Waals surface area contributed by atoms with Crippen molar-refractivity contribution >= 4 is 10.1 Å². The molecule has 0 aliphatic heterocycles. The van der Waals surface area contributed by atoms with Crippen LogP contribution in [0.4, 0.5) is 0 Å². The molecule has 0 saturated carbocycles. The van der Waals surface area contributed by atoms with Gasteiger partial charge in [-0.3, -0.25) is 0 Å². The van der Waals surface area contributed by atoms with Crippen LogP contribution in [-0.4, -0.2) is 21.0 Å². The van der Waals surface area contributed by atoms with Crippen molar-refractivity contribution in [3.8, 4) is 0 Å². The summed E-state index contributed by atoms with van der Waals surface area (Å²) < 4.78 is 32.3. The Hall–Kier alpha value is -0.910. The molecule has 1 atom stereocenters. The second-order valence-corrected chi connectivity index (χ2v) is 5.42. The van der Waals surface area contributed by atoms with E-state index in [9.17, 15) is 8.42 Å². The topological polar surface area (TPSA) is 52.6 Å². The van der Waals surface area contributed by atoms with Crippen LogP contribution in [0.3, 0.4) is 0 Å². The summed E-state index contributed by atoms with van der Waals surface area (Å²) in [6, 6.07) is 9.57. The van der Waals surface area contributed by atoms with Crippen LogP contribution in [0, 0.1) is 0 Å². The molecule has 0 radical (unpaired) electrons. The molecule has 4 nitrogen and oxygen atoms in total. The van der Waals surface area contributed by atoms with Gasteiger partial charge >= 0.3 is 0 Å². The van der Waals surface area contributed by atoms with Crippen LogP contribution in [0.5, 0.6) is 0 Å². The Morgan fingerprint density at radius 2 is 1.88 bits per heavy atom. The first-order valence-corrected chi connectivity index (χ1v) is 7.36. The van der Waals surface area contributed by atoms with Gasteiger partial charge in [-0.2, -0.15) is 8.42 Å². The monoisotopic (exact) mass is 258 g/mol. The fourth-order valence-corrected chi connectivity index (χ4v) is 1.89. The maximum Gasteiger partial charge on any atom is 0.266 e. The zero-order valence-corrected chi connectivity index (χ0v) is 10.9. The van der Waals surface area contributed by atoms with Gasteiger partial charge in [-0.25, -0.2) is 4.18 Å². The zero-order chi connectivity index (χ0) is 12.7. The minimum absolute atomic E-state index is 0.348. The highest BCUT2D eigenvalue weighted by Crippen LogP contribution is 2.11. The van der Waals surface area contributed by atoms with Crippen molar-refractivity contribution in [1.82, 2.24) is 0 Å². The number of ether oxygens (including phenoxy) is 1. The number of hydrogen-bond acceptors (Lipinski definition) is 4. The smallest absolute Gasteiger partial charge is 0.266 e. The molecule has 0 aliphatic rings. The highest BCUT2D eigenvalue weighted by atomic mass is 32.2. The maximum absolute atomic E-state index is 11.0. The first-order valence-electron chi connectivity index (χ1n) is 5.55. The van der Waals surface area contributed by atoms with Gasteiger partial charge in [-0.05, 0) is 12.0 Å². The molecule has 5 heteroatoms. The van der Waals surface area contributed by atoms with Crippen LogP contribution in [0.2, 0.25) is 0 Å². The Bertz CT molecular complexity index is 413. The Labute approximate surface area is 103 Å². The largest absolute Gasteiger partial charge is 0.347 e. The van der Waals surface area contributed by atoms with E-state index in [2.05, 4.69) is 0 Å². The lowest BCUT2D eigenvalue weighted by molar-refractivity contribution is -0.0895. The van der Waals surface area contributed by atoms with E-state index in [1.54, 1.807) is 0 Å². The summed E-state index contributed by atoms with van der Waals surface area (Å²) in [5.74, 6) is 0. The molecule has 0 aromatic heterocycles. The van der Waals surface area contributed by atoms with E-state index < -0.39 is 16.4 Å². The molecule has 0 saturated heterocycles. The third-order valence-corrected chi connectivity index (χ3v) is 2.65. The first kappa shape index (κ1) is 14.2. The highest BCUT2D eigenvalue weighted by molar-refractivity contribution is 7.86. The maximum atomic E-state index is 11.0. The lowest BCUT2D eigenvalue weighted by Crippen LogP contribution is -2.20. The Morgan fingerprint density at radius 1 is 1.24 bits per heavy atom. The second kappa shape index (κ2) is 6.74. The fraction of sp³-hybridized carbons (Fsp3) is 0.500. The molecule has 0 amide bonds. The Morgan fingerprint density at radius 3 is 2.41 bits per heavy atom. The molecule has 0 bridgehead atoms. The van der Waals surface area contributed by atoms with Crippen LogP contribution in [0.1, 0.15) is 25.3 Å². The van der Waals surface area contributed by atoms with Crippen molar-refractivity contribution in [2.75, 3.05) is 6.26 Å². The number of rotatable bonds is 7. The zero-order valence-electron chi connectivity index (χ0n) is 10.1. The SMILES string of the molecule is CCCC(OCc1ccccc1)OS(C)(=O)=O. The molecule has 1 rings (SSSR count). The number of benzene rings is 1. The van der Waals surface area contributed by atoms with Gasteiger partial charge in [-0.15, -0.1) is 0 Å². The number of hydrogen-bond donors (Lipinski definition) is 0. The lowest BCUT2D eigenvalue weighted by atomic mass is 10.2. The summed E-state index contributed by atoms with van der Waals surface area (Å²) in [6.07, 6.45) is 1.69. The van der Waals surface area contributed by atoms with Gasteiger partial charge in [0.25, 0.3) is 10.1 Å². The molecular formula is C12H18O4S. The molecule has 17 heavy (non-hydrogen) atoms. The van der Waals surface area contributed by atoms with Crippen molar-refractivity contribution in [2.24, 2.45) is 0 Å². The van der Waals surface area contributed by atoms with Crippen molar-refractivity contribution < 1.29 is 17.3 Å². The molecule has 0 N–H and O–H groups in total. The highest BCUT2D eigenvalue weighted by Gasteiger charge is 2.15.